The molecule has 0 spiro atoms. The number of carbonyl (C=O) groups is 1. The Morgan fingerprint density at radius 2 is 2.22 bits per heavy atom. The lowest BCUT2D eigenvalue weighted by Crippen LogP contribution is -2.40. The van der Waals surface area contributed by atoms with Crippen molar-refractivity contribution in [2.75, 3.05) is 25.0 Å². The predicted octanol–water partition coefficient (Wildman–Crippen LogP) is 2.89. The highest BCUT2D eigenvalue weighted by molar-refractivity contribution is 5.78. The summed E-state index contributed by atoms with van der Waals surface area (Å²) in [5, 5.41) is 10.3. The Labute approximate surface area is 157 Å². The molecule has 0 aliphatic carbocycles. The van der Waals surface area contributed by atoms with E-state index >= 15 is 0 Å². The number of anilines is 1. The zero-order valence-corrected chi connectivity index (χ0v) is 16.0. The highest BCUT2D eigenvalue weighted by Crippen LogP contribution is 2.40. The van der Waals surface area contributed by atoms with Crippen LogP contribution in [0.1, 0.15) is 57.7 Å². The number of nitrogens with one attached hydrogen (secondary N) is 2. The Hall–Kier alpha value is -1.77. The average molecular weight is 387 g/mol. The molecule has 152 valence electrons. The maximum absolute atomic E-state index is 13.4. The Morgan fingerprint density at radius 1 is 1.48 bits per heavy atom. The number of rotatable bonds is 5. The fraction of sp³-hybridized carbons (Fsp3) is 0.778. The molecule has 3 rings (SSSR count). The van der Waals surface area contributed by atoms with Gasteiger partial charge in [0.25, 0.3) is 0 Å². The van der Waals surface area contributed by atoms with E-state index in [1.54, 1.807) is 13.0 Å². The summed E-state index contributed by atoms with van der Waals surface area (Å²) in [5.74, 6) is 0.464. The van der Waals surface area contributed by atoms with Gasteiger partial charge in [-0.2, -0.15) is 18.3 Å². The number of hydrogen-bond acceptors (Lipinski definition) is 4. The lowest BCUT2D eigenvalue weighted by molar-refractivity contribution is -0.173. The van der Waals surface area contributed by atoms with Crippen LogP contribution in [0.5, 0.6) is 0 Å². The van der Waals surface area contributed by atoms with Crippen molar-refractivity contribution in [3.8, 4) is 0 Å². The first-order valence-electron chi connectivity index (χ1n) is 9.61. The monoisotopic (exact) mass is 387 g/mol. The quantitative estimate of drug-likeness (QED) is 0.816. The fourth-order valence-electron chi connectivity index (χ4n) is 3.82. The van der Waals surface area contributed by atoms with Crippen LogP contribution in [0.25, 0.3) is 0 Å². The van der Waals surface area contributed by atoms with Gasteiger partial charge in [0.2, 0.25) is 5.91 Å². The van der Waals surface area contributed by atoms with Gasteiger partial charge in [0, 0.05) is 30.6 Å². The largest absolute Gasteiger partial charge is 0.410 e. The third kappa shape index (κ3) is 4.56. The van der Waals surface area contributed by atoms with Crippen molar-refractivity contribution >= 4 is 11.7 Å². The van der Waals surface area contributed by atoms with E-state index < -0.39 is 12.2 Å². The van der Waals surface area contributed by atoms with Crippen molar-refractivity contribution in [1.82, 2.24) is 20.0 Å². The number of hydrogen-bond donors (Lipinski definition) is 2. The van der Waals surface area contributed by atoms with Crippen molar-refractivity contribution in [3.63, 3.8) is 0 Å². The molecular weight excluding hydrogens is 359 g/mol. The Bertz CT molecular complexity index is 674. The first kappa shape index (κ1) is 20.0. The van der Waals surface area contributed by atoms with Gasteiger partial charge in [-0.25, -0.2) is 4.68 Å². The Balaban J connectivity index is 1.66. The first-order valence-corrected chi connectivity index (χ1v) is 9.61. The number of likely N-dealkylation sites (tertiary alicyclic amines) is 1. The summed E-state index contributed by atoms with van der Waals surface area (Å²) in [4.78, 5) is 14.1. The summed E-state index contributed by atoms with van der Waals surface area (Å²) < 4.78 is 41.2. The molecule has 0 bridgehead atoms. The van der Waals surface area contributed by atoms with Gasteiger partial charge < -0.3 is 10.6 Å². The predicted molar refractivity (Wildman–Crippen MR) is 96.7 cm³/mol. The smallest absolute Gasteiger partial charge is 0.368 e. The molecule has 0 saturated carbocycles. The third-order valence-electron chi connectivity index (χ3n) is 5.48. The second kappa shape index (κ2) is 7.69. The molecule has 9 heteroatoms. The summed E-state index contributed by atoms with van der Waals surface area (Å²) >= 11 is 0. The van der Waals surface area contributed by atoms with E-state index in [-0.39, 0.29) is 30.3 Å². The zero-order valence-electron chi connectivity index (χ0n) is 16.0. The van der Waals surface area contributed by atoms with Crippen molar-refractivity contribution < 1.29 is 18.0 Å². The van der Waals surface area contributed by atoms with Crippen LogP contribution >= 0.6 is 0 Å². The van der Waals surface area contributed by atoms with Gasteiger partial charge in [-0.15, -0.1) is 0 Å². The number of alkyl halides is 3. The summed E-state index contributed by atoms with van der Waals surface area (Å²) in [6.07, 6.45) is -2.67. The van der Waals surface area contributed by atoms with E-state index in [2.05, 4.69) is 15.7 Å². The van der Waals surface area contributed by atoms with Crippen molar-refractivity contribution in [2.45, 2.75) is 70.3 Å². The second-order valence-electron chi connectivity index (χ2n) is 7.84. The van der Waals surface area contributed by atoms with Gasteiger partial charge in [-0.3, -0.25) is 9.69 Å². The van der Waals surface area contributed by atoms with E-state index in [0.29, 0.717) is 24.6 Å². The van der Waals surface area contributed by atoms with Gasteiger partial charge in [0.05, 0.1) is 12.2 Å². The molecule has 6 nitrogen and oxygen atoms in total. The van der Waals surface area contributed by atoms with Crippen molar-refractivity contribution in [1.29, 1.82) is 0 Å². The van der Waals surface area contributed by atoms with Gasteiger partial charge in [-0.1, -0.05) is 6.92 Å². The number of nitrogens with zero attached hydrogens (tertiary/aromatic N) is 3. The molecule has 2 aliphatic heterocycles. The summed E-state index contributed by atoms with van der Waals surface area (Å²) in [6.45, 7) is 7.42. The molecule has 0 unspecified atom stereocenters. The molecule has 0 aromatic carbocycles. The average Bonchev–Trinajstić information content (AvgIpc) is 3.19. The summed E-state index contributed by atoms with van der Waals surface area (Å²) in [5.41, 5.74) is 0.672. The first-order chi connectivity index (χ1) is 12.7. The molecular formula is C18H28F3N5O. The fourth-order valence-corrected chi connectivity index (χ4v) is 3.82. The highest BCUT2D eigenvalue weighted by Gasteiger charge is 2.46. The molecule has 1 aromatic heterocycles. The van der Waals surface area contributed by atoms with Crippen LogP contribution in [0.4, 0.5) is 19.0 Å². The van der Waals surface area contributed by atoms with Crippen LogP contribution in [0.2, 0.25) is 0 Å². The van der Waals surface area contributed by atoms with E-state index in [0.717, 1.165) is 24.1 Å². The van der Waals surface area contributed by atoms with E-state index in [4.69, 9.17) is 0 Å². The highest BCUT2D eigenvalue weighted by atomic mass is 19.4. The minimum atomic E-state index is -4.32. The standard InChI is InChI=1S/C18H28F3N5O/c1-4-11(2)23-17(27)10-25-6-5-13(9-25)14-8-16-22-12(3)7-15(18(19,20)21)26(16)24-14/h8,11-13,15,22H,4-7,9-10H2,1-3H3,(H,23,27)/t11-,12-,13-,15-/m1/s1. The number of carbonyl (C=O) groups excluding carboxylic acids is 1. The van der Waals surface area contributed by atoms with E-state index in [1.165, 1.54) is 0 Å². The van der Waals surface area contributed by atoms with Crippen LogP contribution in [0.3, 0.4) is 0 Å². The normalized spacial score (nSPS) is 27.1. The van der Waals surface area contributed by atoms with E-state index in [1.807, 2.05) is 18.7 Å². The van der Waals surface area contributed by atoms with Gasteiger partial charge in [0.15, 0.2) is 6.04 Å². The van der Waals surface area contributed by atoms with Gasteiger partial charge in [-0.05, 0) is 39.7 Å². The van der Waals surface area contributed by atoms with Crippen LogP contribution in [-0.4, -0.2) is 58.5 Å². The lowest BCUT2D eigenvalue weighted by atomic mass is 10.0. The van der Waals surface area contributed by atoms with Gasteiger partial charge in [0.1, 0.15) is 5.82 Å². The maximum Gasteiger partial charge on any atom is 0.410 e. The number of aromatic nitrogens is 2. The van der Waals surface area contributed by atoms with Crippen molar-refractivity contribution in [2.24, 2.45) is 0 Å². The molecule has 1 amide bonds. The van der Waals surface area contributed by atoms with E-state index in [9.17, 15) is 18.0 Å². The van der Waals surface area contributed by atoms with Crippen LogP contribution in [-0.2, 0) is 4.79 Å². The minimum absolute atomic E-state index is 0.0123. The molecule has 1 saturated heterocycles. The topological polar surface area (TPSA) is 62.2 Å². The molecule has 2 aliphatic rings. The molecule has 0 radical (unpaired) electrons. The van der Waals surface area contributed by atoms with Crippen LogP contribution in [0, 0.1) is 0 Å². The van der Waals surface area contributed by atoms with Crippen LogP contribution < -0.4 is 10.6 Å². The van der Waals surface area contributed by atoms with Crippen molar-refractivity contribution in [3.05, 3.63) is 11.8 Å². The molecule has 27 heavy (non-hydrogen) atoms. The second-order valence-corrected chi connectivity index (χ2v) is 7.84. The molecule has 1 fully saturated rings. The van der Waals surface area contributed by atoms with Crippen LogP contribution in [0.15, 0.2) is 6.07 Å². The van der Waals surface area contributed by atoms with Gasteiger partial charge >= 0.3 is 6.18 Å². The number of halogens is 3. The number of fused-ring (bicyclic) bond motifs is 1. The molecule has 4 atom stereocenters. The molecule has 2 N–H and O–H groups in total. The third-order valence-corrected chi connectivity index (χ3v) is 5.48. The minimum Gasteiger partial charge on any atom is -0.368 e. The lowest BCUT2D eigenvalue weighted by Gasteiger charge is -2.31. The zero-order chi connectivity index (χ0) is 19.8. The Morgan fingerprint density at radius 3 is 2.89 bits per heavy atom. The SMILES string of the molecule is CC[C@@H](C)NC(=O)CN1CC[C@@H](c2cc3n(n2)[C@@H](C(F)(F)F)C[C@@H](C)N3)C1. The Kier molecular flexibility index (Phi) is 5.69. The summed E-state index contributed by atoms with van der Waals surface area (Å²) in [7, 11) is 0. The number of amides is 1. The molecule has 3 heterocycles. The maximum atomic E-state index is 13.4. The molecule has 1 aromatic rings. The summed E-state index contributed by atoms with van der Waals surface area (Å²) in [6, 6.07) is 0.0411.